The first-order chi connectivity index (χ1) is 12.1. The summed E-state index contributed by atoms with van der Waals surface area (Å²) in [6.07, 6.45) is 7.57. The lowest BCUT2D eigenvalue weighted by atomic mass is 10.1. The smallest absolute Gasteiger partial charge is 0.257 e. The second-order valence-corrected chi connectivity index (χ2v) is 6.82. The molecule has 0 aromatic carbocycles. The number of nitrogens with zero attached hydrogens (tertiary/aromatic N) is 5. The molecule has 0 unspecified atom stereocenters. The van der Waals surface area contributed by atoms with Crippen molar-refractivity contribution < 1.29 is 4.79 Å². The third kappa shape index (κ3) is 4.16. The number of likely N-dealkylation sites (N-methyl/N-ethyl adjacent to an activating group) is 1. The average Bonchev–Trinajstić information content (AvgIpc) is 3.03. The summed E-state index contributed by atoms with van der Waals surface area (Å²) in [6.45, 7) is 9.12. The van der Waals surface area contributed by atoms with Gasteiger partial charge in [-0.25, -0.2) is 9.50 Å². The standard InChI is InChI=1S/C18H28N6O/c1-4-23(5-2)11-14-9-19-17-16(10-20-24(17)12-14)18(25)21-15-7-6-8-22(3)13-15/h9-10,12,15H,4-8,11,13H2,1-3H3,(H,21,25)/t15-/m0/s1. The number of fused-ring (bicyclic) bond motifs is 1. The average molecular weight is 344 g/mol. The predicted octanol–water partition coefficient (Wildman–Crippen LogP) is 1.40. The number of amides is 1. The number of carbonyl (C=O) groups excluding carboxylic acids is 1. The van der Waals surface area contributed by atoms with E-state index in [4.69, 9.17) is 0 Å². The zero-order valence-electron chi connectivity index (χ0n) is 15.4. The molecule has 25 heavy (non-hydrogen) atoms. The Hall–Kier alpha value is -1.99. The summed E-state index contributed by atoms with van der Waals surface area (Å²) >= 11 is 0. The molecule has 0 aliphatic carbocycles. The Morgan fingerprint density at radius 1 is 1.36 bits per heavy atom. The van der Waals surface area contributed by atoms with Crippen LogP contribution in [0.25, 0.3) is 5.65 Å². The molecule has 1 saturated heterocycles. The fourth-order valence-electron chi connectivity index (χ4n) is 3.41. The van der Waals surface area contributed by atoms with E-state index in [2.05, 4.69) is 46.1 Å². The van der Waals surface area contributed by atoms with Gasteiger partial charge in [-0.15, -0.1) is 0 Å². The van der Waals surface area contributed by atoms with Crippen LogP contribution in [0.15, 0.2) is 18.6 Å². The number of aromatic nitrogens is 3. The molecule has 1 N–H and O–H groups in total. The molecule has 0 bridgehead atoms. The van der Waals surface area contributed by atoms with E-state index in [-0.39, 0.29) is 11.9 Å². The molecule has 0 radical (unpaired) electrons. The van der Waals surface area contributed by atoms with Crippen LogP contribution in [-0.2, 0) is 6.54 Å². The Bertz CT molecular complexity index is 723. The first kappa shape index (κ1) is 17.8. The molecule has 0 saturated carbocycles. The predicted molar refractivity (Wildman–Crippen MR) is 97.6 cm³/mol. The molecule has 7 nitrogen and oxygen atoms in total. The largest absolute Gasteiger partial charge is 0.348 e. The molecule has 136 valence electrons. The summed E-state index contributed by atoms with van der Waals surface area (Å²) in [4.78, 5) is 21.7. The van der Waals surface area contributed by atoms with Crippen molar-refractivity contribution >= 4 is 11.6 Å². The third-order valence-electron chi connectivity index (χ3n) is 4.91. The van der Waals surface area contributed by atoms with Crippen LogP contribution in [0, 0.1) is 0 Å². The third-order valence-corrected chi connectivity index (χ3v) is 4.91. The molecule has 0 spiro atoms. The van der Waals surface area contributed by atoms with E-state index in [9.17, 15) is 4.79 Å². The maximum atomic E-state index is 12.6. The van der Waals surface area contributed by atoms with Gasteiger partial charge in [-0.2, -0.15) is 5.10 Å². The van der Waals surface area contributed by atoms with Gasteiger partial charge >= 0.3 is 0 Å². The van der Waals surface area contributed by atoms with Crippen LogP contribution >= 0.6 is 0 Å². The van der Waals surface area contributed by atoms with E-state index < -0.39 is 0 Å². The lowest BCUT2D eigenvalue weighted by Crippen LogP contribution is -2.46. The highest BCUT2D eigenvalue weighted by atomic mass is 16.1. The second-order valence-electron chi connectivity index (χ2n) is 6.82. The number of rotatable bonds is 6. The van der Waals surface area contributed by atoms with Crippen molar-refractivity contribution in [3.63, 3.8) is 0 Å². The zero-order chi connectivity index (χ0) is 17.8. The van der Waals surface area contributed by atoms with Crippen molar-refractivity contribution in [2.45, 2.75) is 39.3 Å². The molecular weight excluding hydrogens is 316 g/mol. The molecule has 1 fully saturated rings. The number of likely N-dealkylation sites (tertiary alicyclic amines) is 1. The molecule has 1 amide bonds. The Morgan fingerprint density at radius 2 is 2.16 bits per heavy atom. The highest BCUT2D eigenvalue weighted by Gasteiger charge is 2.22. The Balaban J connectivity index is 1.73. The van der Waals surface area contributed by atoms with Gasteiger partial charge in [0.1, 0.15) is 5.56 Å². The van der Waals surface area contributed by atoms with Crippen LogP contribution in [0.1, 0.15) is 42.6 Å². The molecule has 7 heteroatoms. The van der Waals surface area contributed by atoms with Gasteiger partial charge in [0.25, 0.3) is 5.91 Å². The maximum absolute atomic E-state index is 12.6. The van der Waals surface area contributed by atoms with E-state index in [1.54, 1.807) is 10.7 Å². The monoisotopic (exact) mass is 344 g/mol. The minimum Gasteiger partial charge on any atom is -0.348 e. The molecular formula is C18H28N6O. The number of hydrogen-bond acceptors (Lipinski definition) is 5. The van der Waals surface area contributed by atoms with E-state index in [1.165, 1.54) is 0 Å². The summed E-state index contributed by atoms with van der Waals surface area (Å²) in [7, 11) is 2.09. The summed E-state index contributed by atoms with van der Waals surface area (Å²) in [5, 5.41) is 7.46. The zero-order valence-corrected chi connectivity index (χ0v) is 15.4. The quantitative estimate of drug-likeness (QED) is 0.858. The highest BCUT2D eigenvalue weighted by molar-refractivity contribution is 5.99. The van der Waals surface area contributed by atoms with Crippen molar-refractivity contribution in [1.82, 2.24) is 29.7 Å². The van der Waals surface area contributed by atoms with Crippen molar-refractivity contribution in [3.05, 3.63) is 29.7 Å². The van der Waals surface area contributed by atoms with Crippen LogP contribution in [0.2, 0.25) is 0 Å². The fraction of sp³-hybridized carbons (Fsp3) is 0.611. The minimum atomic E-state index is -0.0840. The van der Waals surface area contributed by atoms with Gasteiger partial charge in [-0.1, -0.05) is 13.8 Å². The van der Waals surface area contributed by atoms with E-state index in [0.29, 0.717) is 11.2 Å². The van der Waals surface area contributed by atoms with E-state index in [1.807, 2.05) is 12.4 Å². The van der Waals surface area contributed by atoms with Crippen molar-refractivity contribution in [2.75, 3.05) is 33.2 Å². The Morgan fingerprint density at radius 3 is 2.88 bits per heavy atom. The van der Waals surface area contributed by atoms with Crippen molar-refractivity contribution in [3.8, 4) is 0 Å². The molecule has 3 heterocycles. The first-order valence-corrected chi connectivity index (χ1v) is 9.14. The SMILES string of the molecule is CCN(CC)Cc1cnc2c(C(=O)N[C@H]3CCCN(C)C3)cnn2c1. The van der Waals surface area contributed by atoms with Gasteiger partial charge in [0.15, 0.2) is 5.65 Å². The summed E-state index contributed by atoms with van der Waals surface area (Å²) in [5.74, 6) is -0.0840. The molecule has 1 atom stereocenters. The normalized spacial score (nSPS) is 18.8. The van der Waals surface area contributed by atoms with Crippen LogP contribution in [0.3, 0.4) is 0 Å². The summed E-state index contributed by atoms with van der Waals surface area (Å²) in [5.41, 5.74) is 2.26. The van der Waals surface area contributed by atoms with Crippen molar-refractivity contribution in [2.24, 2.45) is 0 Å². The topological polar surface area (TPSA) is 65.8 Å². The lowest BCUT2D eigenvalue weighted by molar-refractivity contribution is 0.0914. The number of piperidine rings is 1. The van der Waals surface area contributed by atoms with E-state index in [0.717, 1.165) is 51.1 Å². The minimum absolute atomic E-state index is 0.0840. The molecule has 1 aliphatic heterocycles. The Kier molecular flexibility index (Phi) is 5.65. The van der Waals surface area contributed by atoms with Crippen LogP contribution in [-0.4, -0.2) is 69.6 Å². The van der Waals surface area contributed by atoms with Crippen molar-refractivity contribution in [1.29, 1.82) is 0 Å². The fourth-order valence-corrected chi connectivity index (χ4v) is 3.41. The molecule has 2 aromatic heterocycles. The van der Waals surface area contributed by atoms with Crippen LogP contribution in [0.4, 0.5) is 0 Å². The number of nitrogens with one attached hydrogen (secondary N) is 1. The maximum Gasteiger partial charge on any atom is 0.257 e. The summed E-state index contributed by atoms with van der Waals surface area (Å²) in [6, 6.07) is 0.197. The van der Waals surface area contributed by atoms with Crippen LogP contribution in [0.5, 0.6) is 0 Å². The molecule has 2 aromatic rings. The van der Waals surface area contributed by atoms with Gasteiger partial charge in [-0.3, -0.25) is 9.69 Å². The van der Waals surface area contributed by atoms with Gasteiger partial charge in [0.05, 0.1) is 6.20 Å². The van der Waals surface area contributed by atoms with E-state index >= 15 is 0 Å². The Labute approximate surface area is 149 Å². The second kappa shape index (κ2) is 7.93. The van der Waals surface area contributed by atoms with Gasteiger partial charge < -0.3 is 10.2 Å². The molecule has 1 aliphatic rings. The number of carbonyl (C=O) groups is 1. The lowest BCUT2D eigenvalue weighted by Gasteiger charge is -2.30. The number of hydrogen-bond donors (Lipinski definition) is 1. The van der Waals surface area contributed by atoms with Gasteiger partial charge in [0.2, 0.25) is 0 Å². The molecule has 3 rings (SSSR count). The summed E-state index contributed by atoms with van der Waals surface area (Å²) < 4.78 is 1.71. The first-order valence-electron chi connectivity index (χ1n) is 9.14. The van der Waals surface area contributed by atoms with Gasteiger partial charge in [0, 0.05) is 37.1 Å². The van der Waals surface area contributed by atoms with Gasteiger partial charge in [-0.05, 0) is 39.5 Å². The van der Waals surface area contributed by atoms with Crippen LogP contribution < -0.4 is 5.32 Å². The highest BCUT2D eigenvalue weighted by Crippen LogP contribution is 2.13.